The van der Waals surface area contributed by atoms with Crippen molar-refractivity contribution < 1.29 is 4.74 Å². The van der Waals surface area contributed by atoms with E-state index in [4.69, 9.17) is 15.6 Å². The second-order valence-corrected chi connectivity index (χ2v) is 7.43. The van der Waals surface area contributed by atoms with E-state index in [1.54, 1.807) is 0 Å². The summed E-state index contributed by atoms with van der Waals surface area (Å²) in [6.07, 6.45) is 0.837. The van der Waals surface area contributed by atoms with E-state index in [-0.39, 0.29) is 11.5 Å². The van der Waals surface area contributed by atoms with Gasteiger partial charge in [-0.2, -0.15) is 10.4 Å². The Morgan fingerprint density at radius 1 is 1.39 bits per heavy atom. The van der Waals surface area contributed by atoms with Crippen molar-refractivity contribution in [1.82, 2.24) is 9.78 Å². The largest absolute Gasteiger partial charge is 0.383 e. The summed E-state index contributed by atoms with van der Waals surface area (Å²) in [5, 5.41) is 14.2. The number of hydrogen-bond acceptors (Lipinski definition) is 4. The van der Waals surface area contributed by atoms with E-state index in [0.29, 0.717) is 30.3 Å². The first kappa shape index (κ1) is 16.0. The molecule has 0 radical (unpaired) electrons. The van der Waals surface area contributed by atoms with Gasteiger partial charge in [0, 0.05) is 22.1 Å². The summed E-state index contributed by atoms with van der Waals surface area (Å²) in [5.41, 5.74) is 8.15. The number of nitrogen functional groups attached to an aromatic ring is 1. The van der Waals surface area contributed by atoms with Crippen molar-refractivity contribution in [3.05, 3.63) is 34.3 Å². The Labute approximate surface area is 144 Å². The highest BCUT2D eigenvalue weighted by molar-refractivity contribution is 9.10. The van der Waals surface area contributed by atoms with Crippen LogP contribution in [0.2, 0.25) is 0 Å². The van der Waals surface area contributed by atoms with Gasteiger partial charge in [-0.1, -0.05) is 41.9 Å². The number of nitriles is 1. The molecule has 1 aromatic heterocycles. The Bertz CT molecular complexity index is 758. The lowest BCUT2D eigenvalue weighted by molar-refractivity contribution is -0.0284. The molecular weight excluding hydrogens is 356 g/mol. The van der Waals surface area contributed by atoms with E-state index in [1.165, 1.54) is 0 Å². The number of anilines is 1. The quantitative estimate of drug-likeness (QED) is 0.867. The highest BCUT2D eigenvalue weighted by atomic mass is 79.9. The molecule has 0 aliphatic carbocycles. The Kier molecular flexibility index (Phi) is 4.17. The number of aromatic nitrogens is 2. The monoisotopic (exact) mass is 374 g/mol. The van der Waals surface area contributed by atoms with E-state index in [2.05, 4.69) is 35.8 Å². The zero-order chi connectivity index (χ0) is 16.6. The molecule has 0 bridgehead atoms. The number of halogens is 1. The van der Waals surface area contributed by atoms with E-state index in [9.17, 15) is 5.26 Å². The van der Waals surface area contributed by atoms with Crippen LogP contribution in [0.4, 0.5) is 5.82 Å². The van der Waals surface area contributed by atoms with Gasteiger partial charge in [-0.05, 0) is 18.6 Å². The van der Waals surface area contributed by atoms with Crippen LogP contribution in [0.3, 0.4) is 0 Å². The number of nitrogens with two attached hydrogens (primary N) is 1. The minimum Gasteiger partial charge on any atom is -0.383 e. The molecule has 5 nitrogen and oxygen atoms in total. The maximum Gasteiger partial charge on any atom is 0.140 e. The lowest BCUT2D eigenvalue weighted by Crippen LogP contribution is -2.37. The SMILES string of the molecule is CC1(C)COCCC1n1nc(-c2ccc(Br)cc2)c(C#N)c1N. The van der Waals surface area contributed by atoms with E-state index in [0.717, 1.165) is 16.5 Å². The molecule has 23 heavy (non-hydrogen) atoms. The number of ether oxygens (including phenoxy) is 1. The maximum atomic E-state index is 9.54. The van der Waals surface area contributed by atoms with Crippen molar-refractivity contribution >= 4 is 21.7 Å². The van der Waals surface area contributed by atoms with Crippen LogP contribution in [0.1, 0.15) is 31.9 Å². The van der Waals surface area contributed by atoms with E-state index >= 15 is 0 Å². The predicted molar refractivity (Wildman–Crippen MR) is 92.7 cm³/mol. The van der Waals surface area contributed by atoms with Crippen molar-refractivity contribution in [2.75, 3.05) is 18.9 Å². The topological polar surface area (TPSA) is 76.9 Å². The van der Waals surface area contributed by atoms with Crippen LogP contribution in [0.25, 0.3) is 11.3 Å². The van der Waals surface area contributed by atoms with Gasteiger partial charge in [0.15, 0.2) is 0 Å². The molecule has 1 atom stereocenters. The minimum absolute atomic E-state index is 0.0812. The third-order valence-electron chi connectivity index (χ3n) is 4.38. The lowest BCUT2D eigenvalue weighted by atomic mass is 9.82. The molecule has 2 aromatic rings. The summed E-state index contributed by atoms with van der Waals surface area (Å²) in [5.74, 6) is 0.436. The molecule has 120 valence electrons. The van der Waals surface area contributed by atoms with Crippen molar-refractivity contribution in [3.8, 4) is 17.3 Å². The first-order valence-electron chi connectivity index (χ1n) is 7.56. The Hall–Kier alpha value is -1.84. The van der Waals surface area contributed by atoms with Gasteiger partial charge in [-0.15, -0.1) is 0 Å². The van der Waals surface area contributed by atoms with Crippen LogP contribution in [-0.4, -0.2) is 23.0 Å². The summed E-state index contributed by atoms with van der Waals surface area (Å²) in [7, 11) is 0. The molecule has 0 amide bonds. The van der Waals surface area contributed by atoms with Gasteiger partial charge in [0.2, 0.25) is 0 Å². The van der Waals surface area contributed by atoms with Gasteiger partial charge in [0.05, 0.1) is 12.6 Å². The van der Waals surface area contributed by atoms with Crippen molar-refractivity contribution in [1.29, 1.82) is 5.26 Å². The third kappa shape index (κ3) is 2.87. The van der Waals surface area contributed by atoms with Crippen LogP contribution in [0.15, 0.2) is 28.7 Å². The first-order chi connectivity index (χ1) is 10.9. The molecule has 2 N–H and O–H groups in total. The zero-order valence-electron chi connectivity index (χ0n) is 13.2. The van der Waals surface area contributed by atoms with Crippen LogP contribution in [0.5, 0.6) is 0 Å². The molecule has 3 rings (SSSR count). The van der Waals surface area contributed by atoms with Gasteiger partial charge < -0.3 is 10.5 Å². The lowest BCUT2D eigenvalue weighted by Gasteiger charge is -2.38. The number of hydrogen-bond donors (Lipinski definition) is 1. The Morgan fingerprint density at radius 3 is 2.70 bits per heavy atom. The summed E-state index contributed by atoms with van der Waals surface area (Å²) >= 11 is 3.42. The standard InChI is InChI=1S/C17H19BrN4O/c1-17(2)10-23-8-7-14(17)22-16(20)13(9-19)15(21-22)11-3-5-12(18)6-4-11/h3-6,14H,7-8,10,20H2,1-2H3. The average molecular weight is 375 g/mol. The fourth-order valence-corrected chi connectivity index (χ4v) is 3.34. The molecule has 1 aliphatic rings. The number of benzene rings is 1. The minimum atomic E-state index is -0.0812. The van der Waals surface area contributed by atoms with Crippen LogP contribution in [0, 0.1) is 16.7 Å². The van der Waals surface area contributed by atoms with Crippen LogP contribution >= 0.6 is 15.9 Å². The Morgan fingerprint density at radius 2 is 2.09 bits per heavy atom. The van der Waals surface area contributed by atoms with E-state index in [1.807, 2.05) is 28.9 Å². The average Bonchev–Trinajstić information content (AvgIpc) is 2.84. The van der Waals surface area contributed by atoms with Gasteiger partial charge in [-0.25, -0.2) is 4.68 Å². The molecule has 6 heteroatoms. The van der Waals surface area contributed by atoms with Crippen LogP contribution < -0.4 is 5.73 Å². The molecule has 1 fully saturated rings. The second kappa shape index (κ2) is 5.99. The third-order valence-corrected chi connectivity index (χ3v) is 4.91. The summed E-state index contributed by atoms with van der Waals surface area (Å²) in [6, 6.07) is 10.1. The molecule has 1 aromatic carbocycles. The normalized spacial score (nSPS) is 20.2. The van der Waals surface area contributed by atoms with Gasteiger partial charge in [0.25, 0.3) is 0 Å². The fourth-order valence-electron chi connectivity index (χ4n) is 3.08. The molecule has 1 aliphatic heterocycles. The number of nitrogens with zero attached hydrogens (tertiary/aromatic N) is 3. The molecule has 1 unspecified atom stereocenters. The highest BCUT2D eigenvalue weighted by Gasteiger charge is 2.37. The maximum absolute atomic E-state index is 9.54. The summed E-state index contributed by atoms with van der Waals surface area (Å²) in [4.78, 5) is 0. The van der Waals surface area contributed by atoms with Crippen molar-refractivity contribution in [2.45, 2.75) is 26.3 Å². The van der Waals surface area contributed by atoms with Crippen molar-refractivity contribution in [2.24, 2.45) is 5.41 Å². The predicted octanol–water partition coefficient (Wildman–Crippen LogP) is 3.75. The molecule has 0 saturated carbocycles. The summed E-state index contributed by atoms with van der Waals surface area (Å²) in [6.45, 7) is 5.63. The van der Waals surface area contributed by atoms with Gasteiger partial charge in [-0.3, -0.25) is 0 Å². The van der Waals surface area contributed by atoms with Crippen LogP contribution in [-0.2, 0) is 4.74 Å². The smallest absolute Gasteiger partial charge is 0.140 e. The van der Waals surface area contributed by atoms with Gasteiger partial charge >= 0.3 is 0 Å². The van der Waals surface area contributed by atoms with Gasteiger partial charge in [0.1, 0.15) is 23.1 Å². The Balaban J connectivity index is 2.10. The number of rotatable bonds is 2. The zero-order valence-corrected chi connectivity index (χ0v) is 14.8. The molecular formula is C17H19BrN4O. The molecule has 1 saturated heterocycles. The van der Waals surface area contributed by atoms with E-state index < -0.39 is 0 Å². The highest BCUT2D eigenvalue weighted by Crippen LogP contribution is 2.40. The molecule has 0 spiro atoms. The fraction of sp³-hybridized carbons (Fsp3) is 0.412. The molecule has 2 heterocycles. The van der Waals surface area contributed by atoms with Crippen molar-refractivity contribution in [3.63, 3.8) is 0 Å². The summed E-state index contributed by atoms with van der Waals surface area (Å²) < 4.78 is 8.39. The first-order valence-corrected chi connectivity index (χ1v) is 8.35. The second-order valence-electron chi connectivity index (χ2n) is 6.52.